The quantitative estimate of drug-likeness (QED) is 0.878. The van der Waals surface area contributed by atoms with Crippen LogP contribution < -0.4 is 5.32 Å². The van der Waals surface area contributed by atoms with Crippen molar-refractivity contribution in [1.29, 1.82) is 0 Å². The van der Waals surface area contributed by atoms with Gasteiger partial charge >= 0.3 is 0 Å². The molecular formula is C11H19ClN2O2. The van der Waals surface area contributed by atoms with Gasteiger partial charge in [0.15, 0.2) is 0 Å². The Balaban J connectivity index is 0.00000225. The minimum atomic E-state index is 0. The van der Waals surface area contributed by atoms with E-state index in [1.165, 1.54) is 0 Å². The van der Waals surface area contributed by atoms with Crippen molar-refractivity contribution in [3.05, 3.63) is 23.2 Å². The maximum Gasteiger partial charge on any atom is 0.257 e. The molecule has 1 N–H and O–H groups in total. The number of carbonyl (C=O) groups is 1. The van der Waals surface area contributed by atoms with Crippen molar-refractivity contribution in [2.24, 2.45) is 0 Å². The van der Waals surface area contributed by atoms with E-state index in [4.69, 9.17) is 4.42 Å². The molecule has 16 heavy (non-hydrogen) atoms. The SMILES string of the molecule is CNCCN(C)C(=O)c1cc(C)oc1C.Cl. The lowest BCUT2D eigenvalue weighted by Crippen LogP contribution is -2.32. The number of aryl methyl sites for hydroxylation is 2. The van der Waals surface area contributed by atoms with Crippen LogP contribution in [0, 0.1) is 13.8 Å². The third-order valence-corrected chi connectivity index (χ3v) is 2.32. The second-order valence-electron chi connectivity index (χ2n) is 3.66. The van der Waals surface area contributed by atoms with Gasteiger partial charge < -0.3 is 14.6 Å². The van der Waals surface area contributed by atoms with Crippen LogP contribution in [-0.4, -0.2) is 38.0 Å². The number of rotatable bonds is 4. The van der Waals surface area contributed by atoms with E-state index in [-0.39, 0.29) is 18.3 Å². The van der Waals surface area contributed by atoms with Crippen LogP contribution in [-0.2, 0) is 0 Å². The minimum Gasteiger partial charge on any atom is -0.466 e. The fourth-order valence-electron chi connectivity index (χ4n) is 1.43. The average Bonchev–Trinajstić information content (AvgIpc) is 2.53. The predicted octanol–water partition coefficient (Wildman–Crippen LogP) is 1.61. The van der Waals surface area contributed by atoms with Crippen LogP contribution in [0.3, 0.4) is 0 Å². The van der Waals surface area contributed by atoms with Gasteiger partial charge in [0.25, 0.3) is 5.91 Å². The fourth-order valence-corrected chi connectivity index (χ4v) is 1.43. The molecular weight excluding hydrogens is 228 g/mol. The van der Waals surface area contributed by atoms with E-state index in [2.05, 4.69) is 5.32 Å². The highest BCUT2D eigenvalue weighted by molar-refractivity contribution is 5.95. The third-order valence-electron chi connectivity index (χ3n) is 2.32. The summed E-state index contributed by atoms with van der Waals surface area (Å²) in [5, 5.41) is 3.01. The van der Waals surface area contributed by atoms with Gasteiger partial charge in [0, 0.05) is 20.1 Å². The van der Waals surface area contributed by atoms with Crippen LogP contribution in [0.1, 0.15) is 21.9 Å². The van der Waals surface area contributed by atoms with Crippen molar-refractivity contribution in [1.82, 2.24) is 10.2 Å². The molecule has 0 saturated carbocycles. The number of carbonyl (C=O) groups excluding carboxylic acids is 1. The van der Waals surface area contributed by atoms with Gasteiger partial charge in [-0.15, -0.1) is 12.4 Å². The summed E-state index contributed by atoms with van der Waals surface area (Å²) in [6, 6.07) is 1.79. The van der Waals surface area contributed by atoms with Crippen LogP contribution >= 0.6 is 12.4 Å². The molecule has 0 aliphatic carbocycles. The molecule has 1 aromatic heterocycles. The first kappa shape index (κ1) is 15.0. The van der Waals surface area contributed by atoms with Crippen LogP contribution in [0.4, 0.5) is 0 Å². The third kappa shape index (κ3) is 3.54. The molecule has 5 heteroatoms. The molecule has 0 fully saturated rings. The van der Waals surface area contributed by atoms with E-state index in [0.29, 0.717) is 17.9 Å². The molecule has 1 amide bonds. The van der Waals surface area contributed by atoms with Gasteiger partial charge in [0.05, 0.1) is 5.56 Å². The van der Waals surface area contributed by atoms with Gasteiger partial charge in [-0.25, -0.2) is 0 Å². The first-order valence-electron chi connectivity index (χ1n) is 5.03. The van der Waals surface area contributed by atoms with Crippen molar-refractivity contribution in [2.75, 3.05) is 27.2 Å². The van der Waals surface area contributed by atoms with Crippen molar-refractivity contribution in [2.45, 2.75) is 13.8 Å². The second-order valence-corrected chi connectivity index (χ2v) is 3.66. The molecule has 0 saturated heterocycles. The molecule has 0 radical (unpaired) electrons. The summed E-state index contributed by atoms with van der Waals surface area (Å²) < 4.78 is 5.33. The van der Waals surface area contributed by atoms with Crippen molar-refractivity contribution < 1.29 is 9.21 Å². The summed E-state index contributed by atoms with van der Waals surface area (Å²) in [6.45, 7) is 5.14. The topological polar surface area (TPSA) is 45.5 Å². The van der Waals surface area contributed by atoms with Gasteiger partial charge in [-0.2, -0.15) is 0 Å². The van der Waals surface area contributed by atoms with E-state index in [9.17, 15) is 4.79 Å². The molecule has 92 valence electrons. The number of hydrogen-bond donors (Lipinski definition) is 1. The number of nitrogens with zero attached hydrogens (tertiary/aromatic N) is 1. The summed E-state index contributed by atoms with van der Waals surface area (Å²) in [4.78, 5) is 13.6. The molecule has 1 rings (SSSR count). The molecule has 4 nitrogen and oxygen atoms in total. The molecule has 1 aromatic rings. The van der Waals surface area contributed by atoms with E-state index < -0.39 is 0 Å². The maximum absolute atomic E-state index is 11.9. The lowest BCUT2D eigenvalue weighted by Gasteiger charge is -2.16. The zero-order chi connectivity index (χ0) is 11.4. The highest BCUT2D eigenvalue weighted by Gasteiger charge is 2.16. The van der Waals surface area contributed by atoms with Crippen LogP contribution in [0.5, 0.6) is 0 Å². The number of nitrogens with one attached hydrogen (secondary N) is 1. The summed E-state index contributed by atoms with van der Waals surface area (Å²) in [5.41, 5.74) is 0.658. The van der Waals surface area contributed by atoms with E-state index in [1.807, 2.05) is 20.9 Å². The van der Waals surface area contributed by atoms with E-state index in [1.54, 1.807) is 18.0 Å². The smallest absolute Gasteiger partial charge is 0.257 e. The minimum absolute atomic E-state index is 0. The number of halogens is 1. The molecule has 0 unspecified atom stereocenters. The van der Waals surface area contributed by atoms with Crippen LogP contribution in [0.15, 0.2) is 10.5 Å². The Morgan fingerprint density at radius 1 is 1.50 bits per heavy atom. The largest absolute Gasteiger partial charge is 0.466 e. The second kappa shape index (κ2) is 6.55. The normalized spacial score (nSPS) is 9.75. The van der Waals surface area contributed by atoms with Crippen molar-refractivity contribution in [3.8, 4) is 0 Å². The number of amides is 1. The average molecular weight is 247 g/mol. The predicted molar refractivity (Wildman–Crippen MR) is 66.3 cm³/mol. The highest BCUT2D eigenvalue weighted by Crippen LogP contribution is 2.15. The Kier molecular flexibility index (Phi) is 6.14. The first-order chi connectivity index (χ1) is 7.06. The molecule has 0 aliphatic heterocycles. The first-order valence-corrected chi connectivity index (χ1v) is 5.03. The van der Waals surface area contributed by atoms with Gasteiger partial charge in [0.1, 0.15) is 11.5 Å². The number of likely N-dealkylation sites (N-methyl/N-ethyl adjacent to an activating group) is 2. The van der Waals surface area contributed by atoms with E-state index >= 15 is 0 Å². The zero-order valence-corrected chi connectivity index (χ0v) is 11.0. The number of hydrogen-bond acceptors (Lipinski definition) is 3. The van der Waals surface area contributed by atoms with Gasteiger partial charge in [-0.3, -0.25) is 4.79 Å². The van der Waals surface area contributed by atoms with Crippen LogP contribution in [0.2, 0.25) is 0 Å². The van der Waals surface area contributed by atoms with Gasteiger partial charge in [-0.05, 0) is 27.0 Å². The molecule has 0 bridgehead atoms. The summed E-state index contributed by atoms with van der Waals surface area (Å²) in [6.07, 6.45) is 0. The Hall–Kier alpha value is -1.00. The highest BCUT2D eigenvalue weighted by atomic mass is 35.5. The molecule has 0 atom stereocenters. The standard InChI is InChI=1S/C11H18N2O2.ClH/c1-8-7-10(9(2)15-8)11(14)13(4)6-5-12-3;/h7,12H,5-6H2,1-4H3;1H. The van der Waals surface area contributed by atoms with Crippen molar-refractivity contribution in [3.63, 3.8) is 0 Å². The molecule has 0 spiro atoms. The summed E-state index contributed by atoms with van der Waals surface area (Å²) >= 11 is 0. The molecule has 0 aliphatic rings. The fraction of sp³-hybridized carbons (Fsp3) is 0.545. The Bertz CT molecular complexity index is 350. The lowest BCUT2D eigenvalue weighted by molar-refractivity contribution is 0.0795. The van der Waals surface area contributed by atoms with Gasteiger partial charge in [-0.1, -0.05) is 0 Å². The Morgan fingerprint density at radius 2 is 2.12 bits per heavy atom. The molecule has 1 heterocycles. The Morgan fingerprint density at radius 3 is 2.56 bits per heavy atom. The number of furan rings is 1. The monoisotopic (exact) mass is 246 g/mol. The zero-order valence-electron chi connectivity index (χ0n) is 10.2. The maximum atomic E-state index is 11.9. The molecule has 0 aromatic carbocycles. The Labute approximate surface area is 102 Å². The lowest BCUT2D eigenvalue weighted by atomic mass is 10.2. The van der Waals surface area contributed by atoms with Crippen molar-refractivity contribution >= 4 is 18.3 Å². The summed E-state index contributed by atoms with van der Waals surface area (Å²) in [7, 11) is 3.66. The van der Waals surface area contributed by atoms with Crippen LogP contribution in [0.25, 0.3) is 0 Å². The van der Waals surface area contributed by atoms with Gasteiger partial charge in [0.2, 0.25) is 0 Å². The summed E-state index contributed by atoms with van der Waals surface area (Å²) in [5.74, 6) is 1.48. The van der Waals surface area contributed by atoms with E-state index in [0.717, 1.165) is 12.3 Å².